The zero-order valence-electron chi connectivity index (χ0n) is 16.8. The quantitative estimate of drug-likeness (QED) is 0.590. The summed E-state index contributed by atoms with van der Waals surface area (Å²) >= 11 is 6.04. The summed E-state index contributed by atoms with van der Waals surface area (Å²) in [5, 5.41) is 7.16. The van der Waals surface area contributed by atoms with Gasteiger partial charge in [-0.15, -0.1) is 0 Å². The molecule has 0 N–H and O–H groups in total. The van der Waals surface area contributed by atoms with E-state index in [0.29, 0.717) is 23.7 Å². The molecule has 0 unspecified atom stereocenters. The number of carbonyl (C=O) groups is 1. The number of hydrazone groups is 1. The van der Waals surface area contributed by atoms with E-state index < -0.39 is 0 Å². The molecule has 2 aliphatic rings. The van der Waals surface area contributed by atoms with Crippen LogP contribution in [0.25, 0.3) is 11.1 Å². The third-order valence-corrected chi connectivity index (χ3v) is 6.12. The number of hydrogen-bond donors (Lipinski definition) is 0. The van der Waals surface area contributed by atoms with Gasteiger partial charge in [-0.3, -0.25) is 9.80 Å². The fourth-order valence-electron chi connectivity index (χ4n) is 4.14. The Hall–Kier alpha value is -2.86. The molecule has 7 heteroatoms. The standard InChI is InChI=1S/C23H23ClN4O2/c1-15-8-13-28(26-15)19-5-2-17(3-6-19)23(29)27-11-9-16(10-12-27)22-25-20-14-18(24)4-7-21(20)30-22/h2-7,14,16H,8-13H2,1H3. The third-order valence-electron chi connectivity index (χ3n) is 5.89. The number of aromatic nitrogens is 1. The Labute approximate surface area is 180 Å². The molecule has 0 radical (unpaired) electrons. The number of anilines is 1. The van der Waals surface area contributed by atoms with Gasteiger partial charge in [0.25, 0.3) is 5.91 Å². The second-order valence-electron chi connectivity index (χ2n) is 7.99. The number of nitrogens with zero attached hydrogens (tertiary/aromatic N) is 4. The maximum absolute atomic E-state index is 12.9. The SMILES string of the molecule is CC1=NN(c2ccc(C(=O)N3CCC(c4nc5cc(Cl)ccc5o4)CC3)cc2)CC1. The van der Waals surface area contributed by atoms with Crippen LogP contribution < -0.4 is 5.01 Å². The second kappa shape index (κ2) is 7.76. The zero-order valence-corrected chi connectivity index (χ0v) is 17.6. The van der Waals surface area contributed by atoms with Crippen molar-refractivity contribution < 1.29 is 9.21 Å². The Morgan fingerprint density at radius 3 is 2.57 bits per heavy atom. The average molecular weight is 423 g/mol. The molecule has 1 saturated heterocycles. The lowest BCUT2D eigenvalue weighted by Crippen LogP contribution is -2.38. The summed E-state index contributed by atoms with van der Waals surface area (Å²) in [4.78, 5) is 19.5. The Morgan fingerprint density at radius 1 is 1.10 bits per heavy atom. The van der Waals surface area contributed by atoms with Crippen LogP contribution in [0.1, 0.15) is 48.4 Å². The van der Waals surface area contributed by atoms with Gasteiger partial charge in [-0.1, -0.05) is 11.6 Å². The van der Waals surface area contributed by atoms with Crippen molar-refractivity contribution in [3.8, 4) is 0 Å². The first-order valence-electron chi connectivity index (χ1n) is 10.3. The first kappa shape index (κ1) is 19.1. The Morgan fingerprint density at radius 2 is 1.87 bits per heavy atom. The summed E-state index contributed by atoms with van der Waals surface area (Å²) in [5.74, 6) is 1.04. The summed E-state index contributed by atoms with van der Waals surface area (Å²) in [5.41, 5.74) is 4.42. The number of halogens is 1. The highest BCUT2D eigenvalue weighted by Crippen LogP contribution is 2.31. The van der Waals surface area contributed by atoms with E-state index in [2.05, 4.69) is 10.1 Å². The number of carbonyl (C=O) groups excluding carboxylic acids is 1. The van der Waals surface area contributed by atoms with Crippen LogP contribution >= 0.6 is 11.6 Å². The summed E-state index contributed by atoms with van der Waals surface area (Å²) in [6.45, 7) is 4.33. The summed E-state index contributed by atoms with van der Waals surface area (Å²) in [6.07, 6.45) is 2.67. The maximum Gasteiger partial charge on any atom is 0.253 e. The molecule has 0 saturated carbocycles. The fourth-order valence-corrected chi connectivity index (χ4v) is 4.31. The number of hydrogen-bond acceptors (Lipinski definition) is 5. The molecule has 154 valence electrons. The van der Waals surface area contributed by atoms with Gasteiger partial charge >= 0.3 is 0 Å². The van der Waals surface area contributed by atoms with E-state index in [0.717, 1.165) is 54.2 Å². The zero-order chi connectivity index (χ0) is 20.7. The number of likely N-dealkylation sites (tertiary alicyclic amines) is 1. The molecule has 5 rings (SSSR count). The molecule has 30 heavy (non-hydrogen) atoms. The second-order valence-corrected chi connectivity index (χ2v) is 8.42. The Kier molecular flexibility index (Phi) is 4.95. The molecular formula is C23H23ClN4O2. The van der Waals surface area contributed by atoms with E-state index in [-0.39, 0.29) is 11.8 Å². The van der Waals surface area contributed by atoms with E-state index >= 15 is 0 Å². The highest BCUT2D eigenvalue weighted by atomic mass is 35.5. The minimum absolute atomic E-state index is 0.0745. The molecule has 0 spiro atoms. The molecule has 3 heterocycles. The molecule has 1 amide bonds. The van der Waals surface area contributed by atoms with Crippen molar-refractivity contribution in [1.29, 1.82) is 0 Å². The molecule has 3 aromatic rings. The minimum Gasteiger partial charge on any atom is -0.440 e. The topological polar surface area (TPSA) is 61.9 Å². The van der Waals surface area contributed by atoms with E-state index in [9.17, 15) is 4.79 Å². The van der Waals surface area contributed by atoms with Gasteiger partial charge in [0.1, 0.15) is 5.52 Å². The van der Waals surface area contributed by atoms with Gasteiger partial charge in [0.05, 0.1) is 5.69 Å². The number of oxazole rings is 1. The van der Waals surface area contributed by atoms with Gasteiger partial charge in [-0.25, -0.2) is 4.98 Å². The molecular weight excluding hydrogens is 400 g/mol. The van der Waals surface area contributed by atoms with Crippen LogP contribution in [0.2, 0.25) is 5.02 Å². The van der Waals surface area contributed by atoms with Crippen molar-refractivity contribution >= 4 is 40.0 Å². The highest BCUT2D eigenvalue weighted by Gasteiger charge is 2.27. The van der Waals surface area contributed by atoms with E-state index in [4.69, 9.17) is 16.0 Å². The highest BCUT2D eigenvalue weighted by molar-refractivity contribution is 6.31. The molecule has 6 nitrogen and oxygen atoms in total. The van der Waals surface area contributed by atoms with Crippen molar-refractivity contribution in [3.63, 3.8) is 0 Å². The van der Waals surface area contributed by atoms with E-state index in [1.54, 1.807) is 0 Å². The number of benzene rings is 2. The van der Waals surface area contributed by atoms with Gasteiger partial charge in [-0.2, -0.15) is 5.10 Å². The lowest BCUT2D eigenvalue weighted by Gasteiger charge is -2.30. The molecule has 0 bridgehead atoms. The Balaban J connectivity index is 1.23. The van der Waals surface area contributed by atoms with Gasteiger partial charge in [-0.05, 0) is 62.2 Å². The Bertz CT molecular complexity index is 1110. The van der Waals surface area contributed by atoms with Crippen molar-refractivity contribution in [1.82, 2.24) is 9.88 Å². The van der Waals surface area contributed by atoms with E-state index in [1.807, 2.05) is 59.3 Å². The molecule has 2 aromatic carbocycles. The van der Waals surface area contributed by atoms with Crippen LogP contribution in [-0.2, 0) is 0 Å². The van der Waals surface area contributed by atoms with Gasteiger partial charge in [0.2, 0.25) is 0 Å². The summed E-state index contributed by atoms with van der Waals surface area (Å²) < 4.78 is 5.92. The summed E-state index contributed by atoms with van der Waals surface area (Å²) in [6, 6.07) is 13.2. The molecule has 1 fully saturated rings. The van der Waals surface area contributed by atoms with Crippen molar-refractivity contribution in [2.75, 3.05) is 24.6 Å². The monoisotopic (exact) mass is 422 g/mol. The molecule has 2 aliphatic heterocycles. The minimum atomic E-state index is 0.0745. The normalized spacial score (nSPS) is 17.6. The first-order chi connectivity index (χ1) is 14.6. The first-order valence-corrected chi connectivity index (χ1v) is 10.7. The van der Waals surface area contributed by atoms with Gasteiger partial charge in [0.15, 0.2) is 11.5 Å². The number of rotatable bonds is 3. The summed E-state index contributed by atoms with van der Waals surface area (Å²) in [7, 11) is 0. The van der Waals surface area contributed by atoms with Crippen molar-refractivity contribution in [2.45, 2.75) is 32.1 Å². The van der Waals surface area contributed by atoms with Crippen LogP contribution in [0, 0.1) is 0 Å². The third kappa shape index (κ3) is 3.67. The average Bonchev–Trinajstić information content (AvgIpc) is 3.39. The van der Waals surface area contributed by atoms with Gasteiger partial charge < -0.3 is 9.32 Å². The van der Waals surface area contributed by atoms with Crippen LogP contribution in [0.4, 0.5) is 5.69 Å². The predicted molar refractivity (Wildman–Crippen MR) is 118 cm³/mol. The predicted octanol–water partition coefficient (Wildman–Crippen LogP) is 5.09. The largest absolute Gasteiger partial charge is 0.440 e. The van der Waals surface area contributed by atoms with E-state index in [1.165, 1.54) is 0 Å². The lowest BCUT2D eigenvalue weighted by molar-refractivity contribution is 0.0707. The molecule has 0 atom stereocenters. The van der Waals surface area contributed by atoms with Crippen LogP contribution in [0.3, 0.4) is 0 Å². The van der Waals surface area contributed by atoms with Crippen LogP contribution in [-0.4, -0.2) is 41.1 Å². The molecule has 0 aliphatic carbocycles. The van der Waals surface area contributed by atoms with Crippen LogP contribution in [0.15, 0.2) is 52.0 Å². The smallest absolute Gasteiger partial charge is 0.253 e. The van der Waals surface area contributed by atoms with Gasteiger partial charge in [0, 0.05) is 48.3 Å². The fraction of sp³-hybridized carbons (Fsp3) is 0.348. The number of fused-ring (bicyclic) bond motifs is 1. The van der Waals surface area contributed by atoms with Crippen molar-refractivity contribution in [2.24, 2.45) is 5.10 Å². The lowest BCUT2D eigenvalue weighted by atomic mass is 9.96. The number of piperidine rings is 1. The maximum atomic E-state index is 12.9. The van der Waals surface area contributed by atoms with Crippen LogP contribution in [0.5, 0.6) is 0 Å². The number of amides is 1. The molecule has 1 aromatic heterocycles. The van der Waals surface area contributed by atoms with Crippen molar-refractivity contribution in [3.05, 3.63) is 58.9 Å².